The standard InChI is InChI=1S/C12H13ClO4/c1-7-16-10(11(17-7)12(14)15-2)8-5-3-4-6-9(8)13/h3-7,10-11H,1-2H3. The van der Waals surface area contributed by atoms with Crippen molar-refractivity contribution in [3.63, 3.8) is 0 Å². The van der Waals surface area contributed by atoms with E-state index in [1.807, 2.05) is 18.2 Å². The first-order chi connectivity index (χ1) is 8.13. The molecule has 92 valence electrons. The van der Waals surface area contributed by atoms with Gasteiger partial charge in [0.15, 0.2) is 12.4 Å². The number of methoxy groups -OCH3 is 1. The molecule has 0 bridgehead atoms. The van der Waals surface area contributed by atoms with Crippen LogP contribution in [0.25, 0.3) is 0 Å². The Morgan fingerprint density at radius 2 is 2.06 bits per heavy atom. The molecule has 0 radical (unpaired) electrons. The molecule has 1 aromatic rings. The molecular formula is C12H13ClO4. The van der Waals surface area contributed by atoms with Crippen LogP contribution in [0.3, 0.4) is 0 Å². The summed E-state index contributed by atoms with van der Waals surface area (Å²) in [4.78, 5) is 11.6. The molecule has 1 fully saturated rings. The maximum absolute atomic E-state index is 11.6. The number of carbonyl (C=O) groups excluding carboxylic acids is 1. The molecule has 17 heavy (non-hydrogen) atoms. The molecule has 1 aliphatic rings. The molecule has 3 unspecified atom stereocenters. The van der Waals surface area contributed by atoms with E-state index in [1.54, 1.807) is 13.0 Å². The van der Waals surface area contributed by atoms with Crippen molar-refractivity contribution in [2.24, 2.45) is 0 Å². The van der Waals surface area contributed by atoms with Crippen molar-refractivity contribution >= 4 is 17.6 Å². The zero-order valence-corrected chi connectivity index (χ0v) is 10.3. The second kappa shape index (κ2) is 5.04. The lowest BCUT2D eigenvalue weighted by Gasteiger charge is -2.16. The van der Waals surface area contributed by atoms with Crippen LogP contribution in [0.15, 0.2) is 24.3 Å². The molecule has 4 nitrogen and oxygen atoms in total. The molecule has 0 amide bonds. The highest BCUT2D eigenvalue weighted by Crippen LogP contribution is 2.36. The molecule has 5 heteroatoms. The number of halogens is 1. The summed E-state index contributed by atoms with van der Waals surface area (Å²) >= 11 is 6.08. The summed E-state index contributed by atoms with van der Waals surface area (Å²) in [7, 11) is 1.32. The Bertz CT molecular complexity index is 421. The lowest BCUT2D eigenvalue weighted by molar-refractivity contribution is -0.153. The van der Waals surface area contributed by atoms with Crippen LogP contribution in [0.4, 0.5) is 0 Å². The fraction of sp³-hybridized carbons (Fsp3) is 0.417. The first kappa shape index (κ1) is 12.4. The molecule has 0 aliphatic carbocycles. The topological polar surface area (TPSA) is 44.8 Å². The van der Waals surface area contributed by atoms with Gasteiger partial charge in [0, 0.05) is 10.6 Å². The zero-order chi connectivity index (χ0) is 12.4. The van der Waals surface area contributed by atoms with E-state index in [-0.39, 0.29) is 0 Å². The van der Waals surface area contributed by atoms with Crippen LogP contribution in [0.2, 0.25) is 5.02 Å². The van der Waals surface area contributed by atoms with Gasteiger partial charge in [-0.3, -0.25) is 0 Å². The lowest BCUT2D eigenvalue weighted by atomic mass is 10.0. The molecule has 0 saturated carbocycles. The molecule has 1 heterocycles. The zero-order valence-electron chi connectivity index (χ0n) is 9.55. The molecule has 3 atom stereocenters. The summed E-state index contributed by atoms with van der Waals surface area (Å²) in [6, 6.07) is 7.21. The number of esters is 1. The first-order valence-corrected chi connectivity index (χ1v) is 5.64. The van der Waals surface area contributed by atoms with Gasteiger partial charge in [-0.2, -0.15) is 0 Å². The first-order valence-electron chi connectivity index (χ1n) is 5.26. The van der Waals surface area contributed by atoms with Gasteiger partial charge in [0.25, 0.3) is 0 Å². The van der Waals surface area contributed by atoms with Crippen LogP contribution in [0.1, 0.15) is 18.6 Å². The number of benzene rings is 1. The van der Waals surface area contributed by atoms with Gasteiger partial charge in [-0.1, -0.05) is 29.8 Å². The van der Waals surface area contributed by atoms with Crippen molar-refractivity contribution in [2.45, 2.75) is 25.4 Å². The predicted octanol–water partition coefficient (Wildman–Crippen LogP) is 2.32. The fourth-order valence-corrected chi connectivity index (χ4v) is 2.07. The van der Waals surface area contributed by atoms with E-state index in [0.29, 0.717) is 5.02 Å². The minimum atomic E-state index is -0.769. The SMILES string of the molecule is COC(=O)C1OC(C)OC1c1ccccc1Cl. The van der Waals surface area contributed by atoms with Gasteiger partial charge in [0.2, 0.25) is 0 Å². The quantitative estimate of drug-likeness (QED) is 0.762. The number of ether oxygens (including phenoxy) is 3. The largest absolute Gasteiger partial charge is 0.467 e. The molecule has 1 aromatic carbocycles. The Morgan fingerprint density at radius 3 is 2.71 bits per heavy atom. The van der Waals surface area contributed by atoms with Crippen molar-refractivity contribution in [3.05, 3.63) is 34.9 Å². The summed E-state index contributed by atoms with van der Waals surface area (Å²) in [6.07, 6.45) is -1.75. The Labute approximate surface area is 104 Å². The Balaban J connectivity index is 2.30. The van der Waals surface area contributed by atoms with Crippen LogP contribution in [-0.2, 0) is 19.0 Å². The number of carbonyl (C=O) groups is 1. The minimum absolute atomic E-state index is 0.458. The summed E-state index contributed by atoms with van der Waals surface area (Å²) in [5.41, 5.74) is 0.730. The molecule has 0 spiro atoms. The van der Waals surface area contributed by atoms with E-state index >= 15 is 0 Å². The van der Waals surface area contributed by atoms with Crippen molar-refractivity contribution in [2.75, 3.05) is 7.11 Å². The molecule has 1 saturated heterocycles. The third kappa shape index (κ3) is 2.44. The predicted molar refractivity (Wildman–Crippen MR) is 61.6 cm³/mol. The van der Waals surface area contributed by atoms with Gasteiger partial charge in [-0.15, -0.1) is 0 Å². The van der Waals surface area contributed by atoms with Crippen LogP contribution < -0.4 is 0 Å². The lowest BCUT2D eigenvalue weighted by Crippen LogP contribution is -2.27. The van der Waals surface area contributed by atoms with E-state index < -0.39 is 24.5 Å². The maximum Gasteiger partial charge on any atom is 0.338 e. The van der Waals surface area contributed by atoms with E-state index in [9.17, 15) is 4.79 Å². The van der Waals surface area contributed by atoms with Crippen LogP contribution in [0.5, 0.6) is 0 Å². The van der Waals surface area contributed by atoms with Gasteiger partial charge in [-0.25, -0.2) is 4.79 Å². The third-order valence-corrected chi connectivity index (χ3v) is 2.94. The van der Waals surface area contributed by atoms with E-state index in [4.69, 9.17) is 21.1 Å². The Hall–Kier alpha value is -1.10. The van der Waals surface area contributed by atoms with E-state index in [1.165, 1.54) is 7.11 Å². The van der Waals surface area contributed by atoms with E-state index in [0.717, 1.165) is 5.56 Å². The molecule has 1 aliphatic heterocycles. The Kier molecular flexibility index (Phi) is 3.66. The molecule has 0 N–H and O–H groups in total. The summed E-state index contributed by atoms with van der Waals surface area (Å²) in [6.45, 7) is 1.73. The van der Waals surface area contributed by atoms with Gasteiger partial charge in [-0.05, 0) is 13.0 Å². The van der Waals surface area contributed by atoms with Gasteiger partial charge >= 0.3 is 5.97 Å². The van der Waals surface area contributed by atoms with Crippen LogP contribution >= 0.6 is 11.6 Å². The summed E-state index contributed by atoms with van der Waals surface area (Å²) in [5, 5.41) is 0.545. The smallest absolute Gasteiger partial charge is 0.338 e. The third-order valence-electron chi connectivity index (χ3n) is 2.60. The van der Waals surface area contributed by atoms with Gasteiger partial charge in [0.1, 0.15) is 6.10 Å². The van der Waals surface area contributed by atoms with Crippen molar-refractivity contribution in [1.82, 2.24) is 0 Å². The van der Waals surface area contributed by atoms with Crippen molar-refractivity contribution in [3.8, 4) is 0 Å². The summed E-state index contributed by atoms with van der Waals surface area (Å²) < 4.78 is 15.6. The van der Waals surface area contributed by atoms with Gasteiger partial charge in [0.05, 0.1) is 7.11 Å². The molecule has 2 rings (SSSR count). The maximum atomic E-state index is 11.6. The van der Waals surface area contributed by atoms with Crippen molar-refractivity contribution < 1.29 is 19.0 Å². The average molecular weight is 257 g/mol. The van der Waals surface area contributed by atoms with Crippen LogP contribution in [-0.4, -0.2) is 25.5 Å². The van der Waals surface area contributed by atoms with Crippen LogP contribution in [0, 0.1) is 0 Å². The molecular weight excluding hydrogens is 244 g/mol. The number of rotatable bonds is 2. The Morgan fingerprint density at radius 1 is 1.35 bits per heavy atom. The highest BCUT2D eigenvalue weighted by molar-refractivity contribution is 6.31. The van der Waals surface area contributed by atoms with Crippen molar-refractivity contribution in [1.29, 1.82) is 0 Å². The number of hydrogen-bond donors (Lipinski definition) is 0. The fourth-order valence-electron chi connectivity index (χ4n) is 1.83. The second-order valence-corrected chi connectivity index (χ2v) is 4.13. The highest BCUT2D eigenvalue weighted by atomic mass is 35.5. The van der Waals surface area contributed by atoms with Gasteiger partial charge < -0.3 is 14.2 Å². The minimum Gasteiger partial charge on any atom is -0.467 e. The normalized spacial score (nSPS) is 28.1. The second-order valence-electron chi connectivity index (χ2n) is 3.73. The summed E-state index contributed by atoms with van der Waals surface area (Å²) in [5.74, 6) is -0.459. The van der Waals surface area contributed by atoms with E-state index in [2.05, 4.69) is 4.74 Å². The monoisotopic (exact) mass is 256 g/mol. The number of hydrogen-bond acceptors (Lipinski definition) is 4. The highest BCUT2D eigenvalue weighted by Gasteiger charge is 2.41. The average Bonchev–Trinajstić information content (AvgIpc) is 2.71. The molecule has 0 aromatic heterocycles.